The first-order valence-corrected chi connectivity index (χ1v) is 7.64. The molecule has 1 fully saturated rings. The van der Waals surface area contributed by atoms with Crippen LogP contribution in [0.4, 0.5) is 0 Å². The lowest BCUT2D eigenvalue weighted by Crippen LogP contribution is -2.62. The lowest BCUT2D eigenvalue weighted by Gasteiger charge is -2.38. The van der Waals surface area contributed by atoms with Crippen molar-refractivity contribution in [1.82, 2.24) is 10.4 Å². The molecule has 4 rings (SSSR count). The Bertz CT molecular complexity index is 536. The highest BCUT2D eigenvalue weighted by Crippen LogP contribution is 2.32. The van der Waals surface area contributed by atoms with Crippen molar-refractivity contribution in [3.05, 3.63) is 24.3 Å². The fourth-order valence-corrected chi connectivity index (χ4v) is 2.89. The van der Waals surface area contributed by atoms with Gasteiger partial charge in [-0.05, 0) is 12.1 Å². The van der Waals surface area contributed by atoms with Crippen molar-refractivity contribution in [2.24, 2.45) is 0 Å². The van der Waals surface area contributed by atoms with Crippen molar-refractivity contribution >= 4 is 22.6 Å². The summed E-state index contributed by atoms with van der Waals surface area (Å²) in [5.41, 5.74) is 2.35. The number of nitrogens with one attached hydrogen (secondary N) is 1. The standard InChI is InChI=1S/C7H12N2O3S.C6H4O/c1-3-13(12)7-4-6(11)9(7)8-5(2)10;1-2-5-4-6(3-1)7-5/h7H,3-4H2,1-2H3,(H,8,10);1-4H/t7-,13?;/m0./s1. The van der Waals surface area contributed by atoms with Crippen LogP contribution in [0.5, 0.6) is 11.5 Å². The third kappa shape index (κ3) is 3.16. The van der Waals surface area contributed by atoms with Crippen LogP contribution >= 0.6 is 0 Å². The van der Waals surface area contributed by atoms with Gasteiger partial charge in [0.25, 0.3) is 0 Å². The third-order valence-corrected chi connectivity index (χ3v) is 4.37. The van der Waals surface area contributed by atoms with Gasteiger partial charge in [0, 0.05) is 29.5 Å². The van der Waals surface area contributed by atoms with E-state index in [1.54, 1.807) is 6.92 Å². The van der Waals surface area contributed by atoms with Gasteiger partial charge in [0.1, 0.15) is 16.9 Å². The summed E-state index contributed by atoms with van der Waals surface area (Å²) in [5, 5.41) is 0.823. The smallest absolute Gasteiger partial charge is 0.245 e. The predicted octanol–water partition coefficient (Wildman–Crippen LogP) is 1.16. The van der Waals surface area contributed by atoms with Crippen LogP contribution in [0.2, 0.25) is 0 Å². The maximum atomic E-state index is 11.3. The van der Waals surface area contributed by atoms with Crippen LogP contribution in [0.15, 0.2) is 24.3 Å². The second-order valence-electron chi connectivity index (χ2n) is 4.34. The summed E-state index contributed by atoms with van der Waals surface area (Å²) in [6, 6.07) is 7.86. The largest absolute Gasteiger partial charge is 0.457 e. The molecule has 1 aromatic rings. The first-order valence-electron chi connectivity index (χ1n) is 6.25. The number of benzene rings is 1. The van der Waals surface area contributed by atoms with Gasteiger partial charge in [0.15, 0.2) is 0 Å². The van der Waals surface area contributed by atoms with E-state index in [9.17, 15) is 13.8 Å². The Hall–Kier alpha value is -1.89. The summed E-state index contributed by atoms with van der Waals surface area (Å²) in [6.07, 6.45) is 0.265. The summed E-state index contributed by atoms with van der Waals surface area (Å²) >= 11 is 0. The summed E-state index contributed by atoms with van der Waals surface area (Å²) in [4.78, 5) is 21.6. The van der Waals surface area contributed by atoms with Crippen molar-refractivity contribution in [3.63, 3.8) is 0 Å². The molecule has 3 aliphatic rings. The van der Waals surface area contributed by atoms with Crippen LogP contribution in [0.3, 0.4) is 0 Å². The summed E-state index contributed by atoms with van der Waals surface area (Å²) < 4.78 is 16.3. The van der Waals surface area contributed by atoms with Crippen molar-refractivity contribution < 1.29 is 18.5 Å². The van der Waals surface area contributed by atoms with E-state index in [1.165, 1.54) is 6.92 Å². The fraction of sp³-hybridized carbons (Fsp3) is 0.385. The fourth-order valence-electron chi connectivity index (χ4n) is 1.77. The number of rotatable bonds is 3. The number of hydrogen-bond acceptors (Lipinski definition) is 4. The van der Waals surface area contributed by atoms with Crippen LogP contribution in [0.1, 0.15) is 20.3 Å². The Kier molecular flexibility index (Phi) is 4.39. The molecule has 1 aromatic carbocycles. The van der Waals surface area contributed by atoms with Crippen molar-refractivity contribution in [2.45, 2.75) is 25.6 Å². The molecule has 2 atom stereocenters. The molecule has 1 N–H and O–H groups in total. The van der Waals surface area contributed by atoms with E-state index in [0.717, 1.165) is 16.5 Å². The maximum Gasteiger partial charge on any atom is 0.245 e. The van der Waals surface area contributed by atoms with Gasteiger partial charge in [-0.25, -0.2) is 5.01 Å². The Labute approximate surface area is 119 Å². The average molecular weight is 296 g/mol. The number of amides is 2. The number of hydrogen-bond donors (Lipinski definition) is 1. The minimum Gasteiger partial charge on any atom is -0.457 e. The first-order chi connectivity index (χ1) is 9.51. The Morgan fingerprint density at radius 1 is 1.50 bits per heavy atom. The molecule has 0 spiro atoms. The molecule has 3 aliphatic heterocycles. The second kappa shape index (κ2) is 6.04. The normalized spacial score (nSPS) is 19.6. The highest BCUT2D eigenvalue weighted by atomic mass is 32.2. The van der Waals surface area contributed by atoms with Crippen molar-refractivity contribution in [3.8, 4) is 11.5 Å². The minimum atomic E-state index is -1.06. The van der Waals surface area contributed by atoms with Gasteiger partial charge in [-0.2, -0.15) is 0 Å². The molecular weight excluding hydrogens is 280 g/mol. The number of carbonyl (C=O) groups excluding carboxylic acids is 2. The molecule has 0 aromatic heterocycles. The molecule has 108 valence electrons. The second-order valence-corrected chi connectivity index (χ2v) is 6.22. The van der Waals surface area contributed by atoms with Crippen LogP contribution < -0.4 is 10.2 Å². The lowest BCUT2D eigenvalue weighted by atomic mass is 10.2. The van der Waals surface area contributed by atoms with Gasteiger partial charge < -0.3 is 4.74 Å². The first kappa shape index (κ1) is 14.5. The van der Waals surface area contributed by atoms with E-state index < -0.39 is 10.8 Å². The van der Waals surface area contributed by atoms with E-state index in [-0.39, 0.29) is 23.6 Å². The lowest BCUT2D eigenvalue weighted by molar-refractivity contribution is -0.151. The number of β-lactam (4-membered cyclic amide) rings is 1. The zero-order valence-electron chi connectivity index (χ0n) is 11.3. The van der Waals surface area contributed by atoms with Crippen LogP contribution in [0.25, 0.3) is 0 Å². The Morgan fingerprint density at radius 3 is 2.40 bits per heavy atom. The molecule has 0 aliphatic carbocycles. The topological polar surface area (TPSA) is 75.7 Å². The van der Waals surface area contributed by atoms with Gasteiger partial charge in [-0.15, -0.1) is 0 Å². The average Bonchev–Trinajstić information content (AvgIpc) is 2.42. The summed E-state index contributed by atoms with van der Waals surface area (Å²) in [5.74, 6) is 1.97. The van der Waals surface area contributed by atoms with E-state index >= 15 is 0 Å². The Morgan fingerprint density at radius 2 is 2.10 bits per heavy atom. The van der Waals surface area contributed by atoms with E-state index in [4.69, 9.17) is 4.74 Å². The van der Waals surface area contributed by atoms with Gasteiger partial charge >= 0.3 is 0 Å². The quantitative estimate of drug-likeness (QED) is 0.862. The molecule has 1 saturated heterocycles. The van der Waals surface area contributed by atoms with Crippen molar-refractivity contribution in [1.29, 1.82) is 0 Å². The highest BCUT2D eigenvalue weighted by Gasteiger charge is 2.40. The minimum absolute atomic E-state index is 0.179. The molecule has 3 heterocycles. The summed E-state index contributed by atoms with van der Waals surface area (Å²) in [6.45, 7) is 3.10. The molecule has 6 nitrogen and oxygen atoms in total. The molecular formula is C13H16N2O4S. The number of hydrazine groups is 1. The number of ether oxygens (including phenoxy) is 1. The van der Waals surface area contributed by atoms with Crippen molar-refractivity contribution in [2.75, 3.05) is 5.75 Å². The van der Waals surface area contributed by atoms with E-state index in [2.05, 4.69) is 5.43 Å². The third-order valence-electron chi connectivity index (χ3n) is 2.81. The van der Waals surface area contributed by atoms with Gasteiger partial charge in [0.2, 0.25) is 11.8 Å². The number of carbonyl (C=O) groups is 2. The number of nitrogens with zero attached hydrogens (tertiary/aromatic N) is 1. The zero-order chi connectivity index (χ0) is 14.7. The van der Waals surface area contributed by atoms with Gasteiger partial charge in [-0.3, -0.25) is 19.2 Å². The molecule has 2 amide bonds. The van der Waals surface area contributed by atoms with Crippen LogP contribution in [-0.2, 0) is 20.4 Å². The molecule has 0 radical (unpaired) electrons. The van der Waals surface area contributed by atoms with Gasteiger partial charge in [-0.1, -0.05) is 13.0 Å². The van der Waals surface area contributed by atoms with E-state index in [0.29, 0.717) is 5.75 Å². The summed E-state index contributed by atoms with van der Waals surface area (Å²) in [7, 11) is -1.06. The monoisotopic (exact) mass is 296 g/mol. The van der Waals surface area contributed by atoms with E-state index in [1.807, 2.05) is 24.3 Å². The predicted molar refractivity (Wildman–Crippen MR) is 74.3 cm³/mol. The maximum absolute atomic E-state index is 11.3. The van der Waals surface area contributed by atoms with Crippen LogP contribution in [-0.4, -0.2) is 32.2 Å². The molecule has 7 heteroatoms. The SMILES string of the molecule is CCS(=O)[C@H]1CC(=O)N1NC(C)=O.c1cc2cc(c1)O2. The molecule has 1 unspecified atom stereocenters. The molecule has 20 heavy (non-hydrogen) atoms. The Balaban J connectivity index is 0.000000173. The molecule has 2 bridgehead atoms. The molecule has 0 saturated carbocycles. The van der Waals surface area contributed by atoms with Gasteiger partial charge in [0.05, 0.1) is 6.42 Å². The zero-order valence-corrected chi connectivity index (χ0v) is 12.1. The highest BCUT2D eigenvalue weighted by molar-refractivity contribution is 7.85. The number of fused-ring (bicyclic) bond motifs is 2. The van der Waals surface area contributed by atoms with Crippen LogP contribution in [0, 0.1) is 0 Å².